The number of hydrogen-bond acceptors (Lipinski definition) is 6. The van der Waals surface area contributed by atoms with Crippen LogP contribution in [0.1, 0.15) is 25.2 Å². The van der Waals surface area contributed by atoms with E-state index in [9.17, 15) is 0 Å². The van der Waals surface area contributed by atoms with E-state index in [1.54, 1.807) is 0 Å². The molecule has 0 atom stereocenters. The topological polar surface area (TPSA) is 77.3 Å². The molecule has 0 spiro atoms. The van der Waals surface area contributed by atoms with Crippen LogP contribution in [0.4, 0.5) is 0 Å². The number of aromatic nitrogens is 6. The van der Waals surface area contributed by atoms with Gasteiger partial charge in [-0.1, -0.05) is 141 Å². The summed E-state index contributed by atoms with van der Waals surface area (Å²) in [4.78, 5) is 29.6. The lowest BCUT2D eigenvalue weighted by atomic mass is 9.95. The first-order chi connectivity index (χ1) is 28.6. The fraction of sp³-hybridized carbons (Fsp3) is 0.0769. The minimum Gasteiger partial charge on any atom is -0.264 e. The Morgan fingerprint density at radius 2 is 0.983 bits per heavy atom. The number of pyridine rings is 3. The molecular weight excluding hydrogens is 709 g/mol. The van der Waals surface area contributed by atoms with Crippen LogP contribution < -0.4 is 0 Å². The number of benzene rings is 6. The van der Waals surface area contributed by atoms with Gasteiger partial charge in [0.05, 0.1) is 11.0 Å². The second kappa shape index (κ2) is 14.9. The summed E-state index contributed by atoms with van der Waals surface area (Å²) in [5.41, 5.74) is 13.5. The van der Waals surface area contributed by atoms with E-state index in [0.29, 0.717) is 17.5 Å². The zero-order valence-electron chi connectivity index (χ0n) is 32.3. The highest BCUT2D eigenvalue weighted by atomic mass is 15.0. The fourth-order valence-corrected chi connectivity index (χ4v) is 7.81. The molecule has 0 fully saturated rings. The summed E-state index contributed by atoms with van der Waals surface area (Å²) in [6, 6.07) is 55.1. The van der Waals surface area contributed by atoms with Gasteiger partial charge in [0.25, 0.3) is 0 Å². The Bertz CT molecular complexity index is 3130. The van der Waals surface area contributed by atoms with Crippen molar-refractivity contribution in [2.45, 2.75) is 26.7 Å². The summed E-state index contributed by atoms with van der Waals surface area (Å²) >= 11 is 0. The van der Waals surface area contributed by atoms with E-state index in [4.69, 9.17) is 24.9 Å². The van der Waals surface area contributed by atoms with Crippen LogP contribution in [-0.4, -0.2) is 29.9 Å². The first-order valence-corrected chi connectivity index (χ1v) is 19.8. The third kappa shape index (κ3) is 6.54. The molecule has 6 heteroatoms. The van der Waals surface area contributed by atoms with Gasteiger partial charge < -0.3 is 0 Å². The highest BCUT2D eigenvalue weighted by Crippen LogP contribution is 2.36. The minimum atomic E-state index is 0.617. The SMILES string of the molecule is CCc1ccc2ccc3c(-c4ccc(-c5cccc(-c6nc(-c7ccccc7)nc(-c7cccc(-c8cccc9cnccc89)c7)n6)c5)cc4)cc(CC)nc3c2n1. The lowest BCUT2D eigenvalue weighted by molar-refractivity contribution is 1.05. The quantitative estimate of drug-likeness (QED) is 0.144. The fourth-order valence-electron chi connectivity index (χ4n) is 7.81. The van der Waals surface area contributed by atoms with E-state index < -0.39 is 0 Å². The third-order valence-corrected chi connectivity index (χ3v) is 10.9. The normalized spacial score (nSPS) is 11.4. The average Bonchev–Trinajstić information content (AvgIpc) is 3.31. The number of rotatable bonds is 8. The van der Waals surface area contributed by atoms with Crippen molar-refractivity contribution < 1.29 is 0 Å². The van der Waals surface area contributed by atoms with Crippen molar-refractivity contribution in [3.8, 4) is 67.5 Å². The molecule has 276 valence electrons. The molecule has 10 rings (SSSR count). The monoisotopic (exact) mass is 746 g/mol. The Morgan fingerprint density at radius 1 is 0.362 bits per heavy atom. The standard InChI is InChI=1S/C52H38N6/c1-3-42-25-23-35-24-26-46-47(31-43(4-2)55-49(46)48(35)54-42)34-21-19-33(20-22-34)37-13-8-15-39(29-37)51-56-50(36-11-6-5-7-12-36)57-52(58-51)40-16-9-14-38(30-40)44-18-10-17-41-32-53-28-27-45(41)44/h5-32H,3-4H2,1-2H3. The van der Waals surface area contributed by atoms with E-state index in [1.165, 1.54) is 5.56 Å². The van der Waals surface area contributed by atoms with E-state index in [2.05, 4.69) is 146 Å². The molecule has 0 saturated carbocycles. The minimum absolute atomic E-state index is 0.617. The molecule has 0 amide bonds. The smallest absolute Gasteiger partial charge is 0.164 e. The molecular formula is C52H38N6. The van der Waals surface area contributed by atoms with Crippen LogP contribution in [0.3, 0.4) is 0 Å². The van der Waals surface area contributed by atoms with Crippen molar-refractivity contribution in [3.63, 3.8) is 0 Å². The third-order valence-electron chi connectivity index (χ3n) is 10.9. The molecule has 0 unspecified atom stereocenters. The second-order valence-electron chi connectivity index (χ2n) is 14.5. The molecule has 0 aliphatic heterocycles. The highest BCUT2D eigenvalue weighted by molar-refractivity contribution is 6.08. The van der Waals surface area contributed by atoms with Crippen molar-refractivity contribution in [1.29, 1.82) is 0 Å². The lowest BCUT2D eigenvalue weighted by Crippen LogP contribution is -2.00. The van der Waals surface area contributed by atoms with Gasteiger partial charge in [-0.3, -0.25) is 15.0 Å². The van der Waals surface area contributed by atoms with Gasteiger partial charge in [0, 0.05) is 56.6 Å². The first kappa shape index (κ1) is 35.0. The number of aryl methyl sites for hydroxylation is 2. The largest absolute Gasteiger partial charge is 0.264 e. The van der Waals surface area contributed by atoms with E-state index in [-0.39, 0.29) is 0 Å². The van der Waals surface area contributed by atoms with E-state index >= 15 is 0 Å². The van der Waals surface area contributed by atoms with Crippen molar-refractivity contribution in [2.75, 3.05) is 0 Å². The lowest BCUT2D eigenvalue weighted by Gasteiger charge is -2.13. The van der Waals surface area contributed by atoms with Crippen molar-refractivity contribution >= 4 is 32.6 Å². The van der Waals surface area contributed by atoms with Gasteiger partial charge in [-0.05, 0) is 81.9 Å². The van der Waals surface area contributed by atoms with Gasteiger partial charge >= 0.3 is 0 Å². The Hall–Kier alpha value is -7.44. The summed E-state index contributed by atoms with van der Waals surface area (Å²) in [7, 11) is 0. The van der Waals surface area contributed by atoms with Gasteiger partial charge in [0.15, 0.2) is 17.5 Å². The molecule has 10 aromatic rings. The van der Waals surface area contributed by atoms with Crippen LogP contribution in [0.2, 0.25) is 0 Å². The van der Waals surface area contributed by atoms with Crippen LogP contribution in [0.15, 0.2) is 170 Å². The molecule has 6 nitrogen and oxygen atoms in total. The van der Waals surface area contributed by atoms with Gasteiger partial charge in [-0.25, -0.2) is 15.0 Å². The van der Waals surface area contributed by atoms with Crippen LogP contribution in [0.5, 0.6) is 0 Å². The van der Waals surface area contributed by atoms with E-state index in [1.807, 2.05) is 42.7 Å². The van der Waals surface area contributed by atoms with Gasteiger partial charge in [0.1, 0.15) is 0 Å². The van der Waals surface area contributed by atoms with Crippen LogP contribution in [-0.2, 0) is 12.8 Å². The Balaban J connectivity index is 1.03. The van der Waals surface area contributed by atoms with Crippen LogP contribution in [0, 0.1) is 0 Å². The Kier molecular flexibility index (Phi) is 8.99. The predicted octanol–water partition coefficient (Wildman–Crippen LogP) is 12.6. The zero-order valence-corrected chi connectivity index (χ0v) is 32.3. The molecule has 4 aromatic heterocycles. The van der Waals surface area contributed by atoms with Crippen LogP contribution in [0.25, 0.3) is 100 Å². The maximum atomic E-state index is 5.12. The summed E-state index contributed by atoms with van der Waals surface area (Å²) in [5.74, 6) is 1.86. The number of fused-ring (bicyclic) bond motifs is 4. The maximum Gasteiger partial charge on any atom is 0.164 e. The zero-order chi connectivity index (χ0) is 39.0. The second-order valence-corrected chi connectivity index (χ2v) is 14.5. The molecule has 58 heavy (non-hydrogen) atoms. The number of nitrogens with zero attached hydrogens (tertiary/aromatic N) is 6. The Labute approximate surface area is 337 Å². The summed E-state index contributed by atoms with van der Waals surface area (Å²) in [5, 5.41) is 4.47. The van der Waals surface area contributed by atoms with Gasteiger partial charge in [0.2, 0.25) is 0 Å². The molecule has 0 aliphatic carbocycles. The summed E-state index contributed by atoms with van der Waals surface area (Å²) in [6.07, 6.45) is 5.47. The molecule has 0 radical (unpaired) electrons. The summed E-state index contributed by atoms with van der Waals surface area (Å²) in [6.45, 7) is 4.30. The molecule has 0 N–H and O–H groups in total. The highest BCUT2D eigenvalue weighted by Gasteiger charge is 2.16. The molecule has 0 aliphatic rings. The molecule has 4 heterocycles. The average molecular weight is 747 g/mol. The van der Waals surface area contributed by atoms with Gasteiger partial charge in [-0.15, -0.1) is 0 Å². The predicted molar refractivity (Wildman–Crippen MR) is 237 cm³/mol. The molecule has 0 saturated heterocycles. The van der Waals surface area contributed by atoms with Crippen molar-refractivity contribution in [3.05, 3.63) is 182 Å². The summed E-state index contributed by atoms with van der Waals surface area (Å²) < 4.78 is 0. The van der Waals surface area contributed by atoms with Crippen molar-refractivity contribution in [1.82, 2.24) is 29.9 Å². The first-order valence-electron chi connectivity index (χ1n) is 19.8. The van der Waals surface area contributed by atoms with Crippen molar-refractivity contribution in [2.24, 2.45) is 0 Å². The molecule has 0 bridgehead atoms. The van der Waals surface area contributed by atoms with Crippen LogP contribution >= 0.6 is 0 Å². The Morgan fingerprint density at radius 3 is 1.74 bits per heavy atom. The molecule has 6 aromatic carbocycles. The number of hydrogen-bond donors (Lipinski definition) is 0. The van der Waals surface area contributed by atoms with E-state index in [0.717, 1.165) is 101 Å². The van der Waals surface area contributed by atoms with Gasteiger partial charge in [-0.2, -0.15) is 0 Å². The maximum absolute atomic E-state index is 5.12.